The molecule has 70 valence electrons. The van der Waals surface area contributed by atoms with Crippen molar-refractivity contribution in [1.29, 1.82) is 0 Å². The molecule has 0 aliphatic carbocycles. The minimum atomic E-state index is -4.94. The van der Waals surface area contributed by atoms with Crippen molar-refractivity contribution in [3.05, 3.63) is 0 Å². The fraction of sp³-hybridized carbons (Fsp3) is 0.500. The van der Waals surface area contributed by atoms with Crippen molar-refractivity contribution in [3.63, 3.8) is 0 Å². The van der Waals surface area contributed by atoms with Gasteiger partial charge in [-0.3, -0.25) is 4.55 Å². The molecule has 13 heavy (non-hydrogen) atoms. The summed E-state index contributed by atoms with van der Waals surface area (Å²) < 4.78 is 28.5. The minimum absolute atomic E-state index is 0. The third-order valence-corrected chi connectivity index (χ3v) is 2.05. The summed E-state index contributed by atoms with van der Waals surface area (Å²) in [5.74, 6) is -4.08. The minimum Gasteiger partial charge on any atom is -0.550 e. The van der Waals surface area contributed by atoms with E-state index < -0.39 is 33.7 Å². The first-order valence-electron chi connectivity index (χ1n) is 2.62. The van der Waals surface area contributed by atoms with Gasteiger partial charge in [-0.1, -0.05) is 0 Å². The van der Waals surface area contributed by atoms with E-state index in [2.05, 4.69) is 0 Å². The van der Waals surface area contributed by atoms with Gasteiger partial charge in [0, 0.05) is 12.4 Å². The van der Waals surface area contributed by atoms with Crippen LogP contribution >= 0.6 is 0 Å². The van der Waals surface area contributed by atoms with Crippen molar-refractivity contribution in [2.45, 2.75) is 11.7 Å². The predicted octanol–water partition coefficient (Wildman–Crippen LogP) is -4.25. The summed E-state index contributed by atoms with van der Waals surface area (Å²) in [6.07, 6.45) is -1.33. The first-order chi connectivity index (χ1) is 5.25. The molecular weight excluding hydrogens is 216 g/mol. The van der Waals surface area contributed by atoms with E-state index in [4.69, 9.17) is 4.55 Å². The molecule has 0 fully saturated rings. The molecule has 0 amide bonds. The molecule has 0 spiro atoms. The Bertz CT molecular complexity index is 294. The van der Waals surface area contributed by atoms with Crippen LogP contribution in [-0.4, -0.2) is 53.2 Å². The summed E-state index contributed by atoms with van der Waals surface area (Å²) in [4.78, 5) is 19.7. The van der Waals surface area contributed by atoms with E-state index in [1.54, 1.807) is 0 Å². The fourth-order valence-electron chi connectivity index (χ4n) is 0.462. The van der Waals surface area contributed by atoms with Gasteiger partial charge in [0.2, 0.25) is 0 Å². The Kier molecular flexibility index (Phi) is 6.24. The zero-order valence-electron chi connectivity index (χ0n) is 6.30. The van der Waals surface area contributed by atoms with Crippen molar-refractivity contribution in [2.24, 2.45) is 0 Å². The summed E-state index contributed by atoms with van der Waals surface area (Å²) in [7, 11) is -4.94. The number of carbonyl (C=O) groups is 2. The monoisotopic (exact) mass is 220 g/mol. The second-order valence-corrected chi connectivity index (χ2v) is 3.50. The average molecular weight is 220 g/mol. The Labute approximate surface area is 89.6 Å². The number of hydrogen-bond acceptors (Lipinski definition) is 6. The predicted molar refractivity (Wildman–Crippen MR) is 35.7 cm³/mol. The number of carboxylic acids is 2. The molecule has 0 rings (SSSR count). The van der Waals surface area contributed by atoms with Crippen LogP contribution in [-0.2, 0) is 19.7 Å². The summed E-state index contributed by atoms with van der Waals surface area (Å²) in [6.45, 7) is 0. The van der Waals surface area contributed by atoms with Crippen LogP contribution in [0.5, 0.6) is 0 Å². The van der Waals surface area contributed by atoms with E-state index in [0.29, 0.717) is 0 Å². The third kappa shape index (κ3) is 5.79. The largest absolute Gasteiger partial charge is 2.00 e. The number of carboxylic acid groups (broad SMARTS) is 2. The number of rotatable bonds is 4. The van der Waals surface area contributed by atoms with Gasteiger partial charge in [-0.25, -0.2) is 0 Å². The van der Waals surface area contributed by atoms with Crippen LogP contribution in [0, 0.1) is 0 Å². The molecule has 0 aromatic heterocycles. The summed E-state index contributed by atoms with van der Waals surface area (Å²) in [5.41, 5.74) is 0. The Morgan fingerprint density at radius 1 is 1.31 bits per heavy atom. The van der Waals surface area contributed by atoms with Gasteiger partial charge in [-0.15, -0.1) is 0 Å². The van der Waals surface area contributed by atoms with Gasteiger partial charge in [-0.2, -0.15) is 8.42 Å². The zero-order valence-corrected chi connectivity index (χ0v) is 8.53. The van der Waals surface area contributed by atoms with Crippen LogP contribution in [0.25, 0.3) is 0 Å². The van der Waals surface area contributed by atoms with Crippen LogP contribution in [0.4, 0.5) is 0 Å². The van der Waals surface area contributed by atoms with Gasteiger partial charge < -0.3 is 19.8 Å². The van der Waals surface area contributed by atoms with Crippen molar-refractivity contribution in [3.8, 4) is 0 Å². The molecule has 1 unspecified atom stereocenters. The van der Waals surface area contributed by atoms with E-state index in [0.717, 1.165) is 0 Å². The Morgan fingerprint density at radius 3 is 1.77 bits per heavy atom. The van der Waals surface area contributed by atoms with Crippen molar-refractivity contribution in [2.75, 3.05) is 0 Å². The Balaban J connectivity index is 0. The maximum Gasteiger partial charge on any atom is 2.00 e. The molecule has 0 saturated carbocycles. The van der Waals surface area contributed by atoms with Crippen molar-refractivity contribution in [1.82, 2.24) is 0 Å². The number of carbonyl (C=O) groups excluding carboxylic acids is 2. The summed E-state index contributed by atoms with van der Waals surface area (Å²) in [5, 5.41) is 17.3. The van der Waals surface area contributed by atoms with Crippen LogP contribution < -0.4 is 10.2 Å². The van der Waals surface area contributed by atoms with E-state index in [-0.39, 0.29) is 23.1 Å². The molecule has 7 nitrogen and oxygen atoms in total. The van der Waals surface area contributed by atoms with E-state index in [1.807, 2.05) is 0 Å². The van der Waals surface area contributed by atoms with Gasteiger partial charge in [0.25, 0.3) is 10.1 Å². The molecule has 1 atom stereocenters. The molecule has 0 aliphatic heterocycles. The fourth-order valence-corrected chi connectivity index (χ4v) is 1.05. The van der Waals surface area contributed by atoms with Gasteiger partial charge in [-0.05, 0) is 0 Å². The van der Waals surface area contributed by atoms with Gasteiger partial charge in [0.1, 0.15) is 5.25 Å². The molecule has 0 aromatic carbocycles. The Hall–Kier alpha value is -0.384. The zero-order chi connectivity index (χ0) is 9.94. The van der Waals surface area contributed by atoms with E-state index >= 15 is 0 Å². The molecule has 0 bridgehead atoms. The number of aliphatic carboxylic acids is 2. The third-order valence-electron chi connectivity index (χ3n) is 0.975. The normalized spacial score (nSPS) is 12.7. The average Bonchev–Trinajstić information content (AvgIpc) is 1.79. The summed E-state index contributed by atoms with van der Waals surface area (Å²) >= 11 is 0. The SMILES string of the molecule is O=C([O-])CC(C(=O)[O-])S(=O)(=O)O.[Mg+2]. The topological polar surface area (TPSA) is 135 Å². The van der Waals surface area contributed by atoms with E-state index in [1.165, 1.54) is 0 Å². The van der Waals surface area contributed by atoms with Gasteiger partial charge in [0.05, 0.1) is 5.97 Å². The van der Waals surface area contributed by atoms with Crippen LogP contribution in [0.1, 0.15) is 6.42 Å². The van der Waals surface area contributed by atoms with Crippen molar-refractivity contribution < 1.29 is 32.8 Å². The molecule has 0 heterocycles. The molecule has 1 N–H and O–H groups in total. The van der Waals surface area contributed by atoms with Crippen LogP contribution in [0.15, 0.2) is 0 Å². The summed E-state index contributed by atoms with van der Waals surface area (Å²) in [6, 6.07) is 0. The second kappa shape index (κ2) is 5.37. The maximum absolute atomic E-state index is 10.2. The Morgan fingerprint density at radius 2 is 1.69 bits per heavy atom. The molecule has 0 radical (unpaired) electrons. The molecule has 0 aliphatic rings. The first-order valence-corrected chi connectivity index (χ1v) is 4.12. The van der Waals surface area contributed by atoms with Crippen LogP contribution in [0.3, 0.4) is 0 Å². The smallest absolute Gasteiger partial charge is 0.550 e. The quantitative estimate of drug-likeness (QED) is 0.374. The maximum atomic E-state index is 10.2. The van der Waals surface area contributed by atoms with Crippen molar-refractivity contribution >= 4 is 45.1 Å². The first kappa shape index (κ1) is 15.1. The van der Waals surface area contributed by atoms with Crippen LogP contribution in [0.2, 0.25) is 0 Å². The molecule has 0 saturated heterocycles. The van der Waals surface area contributed by atoms with E-state index in [9.17, 15) is 28.2 Å². The standard InChI is InChI=1S/C4H6O7S.Mg/c5-3(6)1-2(4(7)8)12(9,10)11;/h2H,1H2,(H,5,6)(H,7,8)(H,9,10,11);/q;+2/p-2. The van der Waals surface area contributed by atoms with Gasteiger partial charge in [0.15, 0.2) is 0 Å². The number of hydrogen-bond donors (Lipinski definition) is 1. The molecule has 0 aromatic rings. The second-order valence-electron chi connectivity index (χ2n) is 1.90. The molecule has 9 heteroatoms. The van der Waals surface area contributed by atoms with Gasteiger partial charge >= 0.3 is 23.1 Å². The molecular formula is C4H4MgO7S.